The molecule has 1 aromatic rings. The second-order valence-electron chi connectivity index (χ2n) is 7.32. The van der Waals surface area contributed by atoms with Crippen molar-refractivity contribution in [2.45, 2.75) is 31.4 Å². The molecule has 1 fully saturated rings. The van der Waals surface area contributed by atoms with Gasteiger partial charge in [0.15, 0.2) is 13.2 Å². The lowest BCUT2D eigenvalue weighted by molar-refractivity contribution is -0.190. The van der Waals surface area contributed by atoms with Crippen LogP contribution in [0.2, 0.25) is 0 Å². The van der Waals surface area contributed by atoms with E-state index in [1.807, 2.05) is 0 Å². The quantitative estimate of drug-likeness (QED) is 0.256. The standard InChI is InChI=1S/C16H17F3N2O5.C4H2ClF3O3/c1-10-7-21(13(22)14(23)26-9-16(17,18)19)12(8-20(10)15(24)25)11-5-3-2-4-6-11;5-2(9)3(10)11-1-4(6,7)8/h2-6,10,12H,7-9H2,1H3,(H,24,25);1H2/t10-,12-;/m1./s1. The van der Waals surface area contributed by atoms with Crippen LogP contribution in [0, 0.1) is 0 Å². The lowest BCUT2D eigenvalue weighted by atomic mass is 10.00. The number of halogens is 7. The highest BCUT2D eigenvalue weighted by Crippen LogP contribution is 2.28. The monoisotopic (exact) mass is 564 g/mol. The van der Waals surface area contributed by atoms with Crippen LogP contribution < -0.4 is 0 Å². The summed E-state index contributed by atoms with van der Waals surface area (Å²) in [5, 5.41) is 7.71. The number of ether oxygens (including phenoxy) is 2. The molecule has 1 heterocycles. The molecule has 0 aliphatic carbocycles. The van der Waals surface area contributed by atoms with Crippen LogP contribution in [-0.4, -0.2) is 88.8 Å². The molecule has 1 aliphatic rings. The topological polar surface area (TPSA) is 131 Å². The van der Waals surface area contributed by atoms with Gasteiger partial charge >= 0.3 is 41.5 Å². The minimum atomic E-state index is -4.75. The van der Waals surface area contributed by atoms with Gasteiger partial charge in [-0.1, -0.05) is 30.3 Å². The first-order valence-electron chi connectivity index (χ1n) is 9.95. The fraction of sp³-hybridized carbons (Fsp3) is 0.450. The fourth-order valence-electron chi connectivity index (χ4n) is 2.96. The predicted molar refractivity (Wildman–Crippen MR) is 110 cm³/mol. The van der Waals surface area contributed by atoms with Crippen molar-refractivity contribution in [1.29, 1.82) is 0 Å². The third kappa shape index (κ3) is 10.9. The molecular weight excluding hydrogens is 546 g/mol. The van der Waals surface area contributed by atoms with Gasteiger partial charge in [0, 0.05) is 19.1 Å². The molecule has 0 aromatic heterocycles. The summed E-state index contributed by atoms with van der Waals surface area (Å²) in [7, 11) is 0. The largest absolute Gasteiger partial charge is 0.465 e. The highest BCUT2D eigenvalue weighted by Gasteiger charge is 2.41. The fourth-order valence-corrected chi connectivity index (χ4v) is 3.01. The summed E-state index contributed by atoms with van der Waals surface area (Å²) in [5.74, 6) is -4.57. The van der Waals surface area contributed by atoms with Crippen LogP contribution in [0.15, 0.2) is 30.3 Å². The zero-order valence-electron chi connectivity index (χ0n) is 18.7. The molecule has 37 heavy (non-hydrogen) atoms. The second kappa shape index (κ2) is 13.1. The van der Waals surface area contributed by atoms with Gasteiger partial charge < -0.3 is 24.4 Å². The van der Waals surface area contributed by atoms with Gasteiger partial charge in [0.25, 0.3) is 0 Å². The van der Waals surface area contributed by atoms with E-state index in [4.69, 9.17) is 0 Å². The first-order valence-corrected chi connectivity index (χ1v) is 10.3. The highest BCUT2D eigenvalue weighted by molar-refractivity contribution is 6.80. The number of nitrogens with zero attached hydrogens (tertiary/aromatic N) is 2. The number of esters is 2. The van der Waals surface area contributed by atoms with Crippen molar-refractivity contribution in [2.24, 2.45) is 0 Å². The van der Waals surface area contributed by atoms with Crippen LogP contribution in [0.25, 0.3) is 0 Å². The minimum absolute atomic E-state index is 0.112. The molecule has 17 heteroatoms. The molecule has 10 nitrogen and oxygen atoms in total. The van der Waals surface area contributed by atoms with E-state index < -0.39 is 66.8 Å². The molecule has 2 amide bonds. The molecule has 0 unspecified atom stereocenters. The van der Waals surface area contributed by atoms with E-state index in [9.17, 15) is 55.4 Å². The normalized spacial score (nSPS) is 17.7. The molecule has 206 valence electrons. The van der Waals surface area contributed by atoms with E-state index in [0.29, 0.717) is 5.56 Å². The third-order valence-corrected chi connectivity index (χ3v) is 4.65. The Kier molecular flexibility index (Phi) is 11.2. The number of rotatable bonds is 4. The number of amides is 2. The average Bonchev–Trinajstić information content (AvgIpc) is 2.80. The number of carbonyl (C=O) groups excluding carboxylic acids is 4. The van der Waals surface area contributed by atoms with Crippen molar-refractivity contribution in [2.75, 3.05) is 26.3 Å². The Morgan fingerprint density at radius 2 is 1.38 bits per heavy atom. The molecule has 2 rings (SSSR count). The van der Waals surface area contributed by atoms with E-state index in [1.54, 1.807) is 30.3 Å². The number of carbonyl (C=O) groups is 5. The van der Waals surface area contributed by atoms with E-state index in [-0.39, 0.29) is 13.1 Å². The molecule has 1 aliphatic heterocycles. The first kappa shape index (κ1) is 31.5. The van der Waals surface area contributed by atoms with Gasteiger partial charge in [0.05, 0.1) is 6.04 Å². The van der Waals surface area contributed by atoms with E-state index in [0.717, 1.165) is 9.80 Å². The lowest BCUT2D eigenvalue weighted by Gasteiger charge is -2.43. The smallest absolute Gasteiger partial charge is 0.422 e. The summed E-state index contributed by atoms with van der Waals surface area (Å²) in [6.45, 7) is -2.39. The SMILES string of the molecule is C[C@@H]1CN(C(=O)C(=O)OCC(F)(F)F)[C@@H](c2ccccc2)CN1C(=O)O.O=C(Cl)C(=O)OCC(F)(F)F. The lowest BCUT2D eigenvalue weighted by Crippen LogP contribution is -2.57. The van der Waals surface area contributed by atoms with Gasteiger partial charge in [0.1, 0.15) is 0 Å². The molecule has 1 aromatic carbocycles. The maximum atomic E-state index is 12.3. The Morgan fingerprint density at radius 1 is 0.892 bits per heavy atom. The molecule has 0 radical (unpaired) electrons. The molecule has 0 spiro atoms. The summed E-state index contributed by atoms with van der Waals surface area (Å²) < 4.78 is 77.8. The Balaban J connectivity index is 0.000000525. The van der Waals surface area contributed by atoms with Crippen LogP contribution in [0.1, 0.15) is 18.5 Å². The van der Waals surface area contributed by atoms with Gasteiger partial charge in [-0.3, -0.25) is 9.59 Å². The Labute approximate surface area is 209 Å². The van der Waals surface area contributed by atoms with Gasteiger partial charge in [0.2, 0.25) is 0 Å². The zero-order valence-corrected chi connectivity index (χ0v) is 19.5. The number of piperazine rings is 1. The van der Waals surface area contributed by atoms with Gasteiger partial charge in [-0.15, -0.1) is 0 Å². The van der Waals surface area contributed by atoms with E-state index in [2.05, 4.69) is 21.1 Å². The highest BCUT2D eigenvalue weighted by atomic mass is 35.5. The van der Waals surface area contributed by atoms with Gasteiger partial charge in [-0.25, -0.2) is 14.4 Å². The summed E-state index contributed by atoms with van der Waals surface area (Å²) in [6.07, 6.45) is -10.6. The van der Waals surface area contributed by atoms with Crippen molar-refractivity contribution >= 4 is 40.8 Å². The number of alkyl halides is 6. The minimum Gasteiger partial charge on any atom is -0.465 e. The van der Waals surface area contributed by atoms with Crippen molar-refractivity contribution < 1.29 is 64.9 Å². The Hall–Kier alpha value is -3.56. The molecule has 1 saturated heterocycles. The Morgan fingerprint density at radius 3 is 1.81 bits per heavy atom. The maximum absolute atomic E-state index is 12.3. The predicted octanol–water partition coefficient (Wildman–Crippen LogP) is 2.90. The zero-order chi connectivity index (χ0) is 28.6. The van der Waals surface area contributed by atoms with Crippen LogP contribution in [-0.2, 0) is 28.7 Å². The van der Waals surface area contributed by atoms with Gasteiger partial charge in [-0.05, 0) is 24.1 Å². The molecular formula is C20H19ClF6N2O8. The number of hydrogen-bond donors (Lipinski definition) is 1. The van der Waals surface area contributed by atoms with Crippen LogP contribution in [0.5, 0.6) is 0 Å². The van der Waals surface area contributed by atoms with Crippen LogP contribution in [0.3, 0.4) is 0 Å². The van der Waals surface area contributed by atoms with Crippen LogP contribution >= 0.6 is 11.6 Å². The van der Waals surface area contributed by atoms with Crippen molar-refractivity contribution in [3.05, 3.63) is 35.9 Å². The van der Waals surface area contributed by atoms with E-state index >= 15 is 0 Å². The number of carboxylic acid groups (broad SMARTS) is 1. The first-order chi connectivity index (χ1) is 16.9. The summed E-state index contributed by atoms with van der Waals surface area (Å²) >= 11 is 4.48. The maximum Gasteiger partial charge on any atom is 0.422 e. The third-order valence-electron chi connectivity index (χ3n) is 4.50. The Bertz CT molecular complexity index is 989. The molecule has 0 saturated carbocycles. The second-order valence-corrected chi connectivity index (χ2v) is 7.67. The van der Waals surface area contributed by atoms with Gasteiger partial charge in [-0.2, -0.15) is 26.3 Å². The molecule has 2 atom stereocenters. The molecule has 1 N–H and O–H groups in total. The average molecular weight is 565 g/mol. The summed E-state index contributed by atoms with van der Waals surface area (Å²) in [6, 6.07) is 6.89. The molecule has 0 bridgehead atoms. The number of hydrogen-bond acceptors (Lipinski definition) is 7. The number of benzene rings is 1. The van der Waals surface area contributed by atoms with Crippen molar-refractivity contribution in [1.82, 2.24) is 9.80 Å². The summed E-state index contributed by atoms with van der Waals surface area (Å²) in [4.78, 5) is 57.4. The van der Waals surface area contributed by atoms with Crippen molar-refractivity contribution in [3.8, 4) is 0 Å². The van der Waals surface area contributed by atoms with Crippen molar-refractivity contribution in [3.63, 3.8) is 0 Å². The van der Waals surface area contributed by atoms with Crippen LogP contribution in [0.4, 0.5) is 31.1 Å². The summed E-state index contributed by atoms with van der Waals surface area (Å²) in [5.41, 5.74) is 0.558. The van der Waals surface area contributed by atoms with E-state index in [1.165, 1.54) is 6.92 Å².